The molecule has 0 bridgehead atoms. The lowest BCUT2D eigenvalue weighted by Gasteiger charge is -2.20. The summed E-state index contributed by atoms with van der Waals surface area (Å²) in [5, 5.41) is 8.99. The molecule has 0 saturated heterocycles. The van der Waals surface area contributed by atoms with Gasteiger partial charge in [-0.3, -0.25) is 10.1 Å². The van der Waals surface area contributed by atoms with Gasteiger partial charge in [0, 0.05) is 24.1 Å². The Labute approximate surface area is 196 Å². The molecule has 180 valence electrons. The first-order valence-corrected chi connectivity index (χ1v) is 10.7. The minimum Gasteiger partial charge on any atom is -0.497 e. The summed E-state index contributed by atoms with van der Waals surface area (Å²) < 4.78 is 29.6. The van der Waals surface area contributed by atoms with Gasteiger partial charge >= 0.3 is 6.09 Å². The molecule has 0 unspecified atom stereocenters. The average molecular weight is 471 g/mol. The summed E-state index contributed by atoms with van der Waals surface area (Å²) in [6, 6.07) is 11.2. The number of carbonyl (C=O) groups is 2. The first kappa shape index (κ1) is 24.7. The second-order valence-electron chi connectivity index (χ2n) is 8.46. The van der Waals surface area contributed by atoms with Gasteiger partial charge in [-0.1, -0.05) is 5.16 Å². The monoisotopic (exact) mass is 470 g/mol. The molecule has 0 aliphatic carbocycles. The lowest BCUT2D eigenvalue weighted by molar-refractivity contribution is -0.116. The van der Waals surface area contributed by atoms with Crippen molar-refractivity contribution >= 4 is 23.4 Å². The lowest BCUT2D eigenvalue weighted by atomic mass is 10.2. The number of ether oxygens (including phenoxy) is 2. The minimum atomic E-state index is -0.788. The van der Waals surface area contributed by atoms with Crippen LogP contribution in [0.5, 0.6) is 5.75 Å². The molecule has 2 N–H and O–H groups in total. The first-order chi connectivity index (χ1) is 16.1. The molecular formula is C24H27FN4O5. The van der Waals surface area contributed by atoms with Crippen LogP contribution in [0, 0.1) is 5.82 Å². The Balaban J connectivity index is 1.49. The van der Waals surface area contributed by atoms with Crippen molar-refractivity contribution in [1.82, 2.24) is 10.1 Å². The smallest absolute Gasteiger partial charge is 0.412 e. The van der Waals surface area contributed by atoms with Crippen molar-refractivity contribution in [2.75, 3.05) is 17.7 Å². The van der Waals surface area contributed by atoms with Crippen LogP contribution in [0.15, 0.2) is 47.0 Å². The zero-order valence-electron chi connectivity index (χ0n) is 19.5. The topological polar surface area (TPSA) is 116 Å². The number of aryl methyl sites for hydroxylation is 1. The summed E-state index contributed by atoms with van der Waals surface area (Å²) in [5.41, 5.74) is 0.321. The number of halogens is 1. The molecule has 0 fully saturated rings. The maximum Gasteiger partial charge on any atom is 0.412 e. The van der Waals surface area contributed by atoms with Gasteiger partial charge < -0.3 is 19.3 Å². The molecule has 0 aliphatic heterocycles. The van der Waals surface area contributed by atoms with Crippen molar-refractivity contribution in [3.05, 3.63) is 54.2 Å². The third-order valence-electron chi connectivity index (χ3n) is 4.50. The number of hydrogen-bond donors (Lipinski definition) is 2. The summed E-state index contributed by atoms with van der Waals surface area (Å²) >= 11 is 0. The second kappa shape index (κ2) is 10.8. The number of rotatable bonds is 8. The summed E-state index contributed by atoms with van der Waals surface area (Å²) in [5.74, 6) is 0.688. The van der Waals surface area contributed by atoms with E-state index in [2.05, 4.69) is 20.8 Å². The van der Waals surface area contributed by atoms with Gasteiger partial charge in [0.05, 0.1) is 12.8 Å². The molecule has 0 spiro atoms. The Kier molecular flexibility index (Phi) is 7.83. The minimum absolute atomic E-state index is 0.0935. The fourth-order valence-corrected chi connectivity index (χ4v) is 2.95. The highest BCUT2D eigenvalue weighted by molar-refractivity contribution is 5.92. The quantitative estimate of drug-likeness (QED) is 0.465. The Hall–Kier alpha value is -3.95. The highest BCUT2D eigenvalue weighted by Gasteiger charge is 2.18. The van der Waals surface area contributed by atoms with Crippen LogP contribution in [-0.2, 0) is 16.0 Å². The Morgan fingerprint density at radius 1 is 1.09 bits per heavy atom. The predicted molar refractivity (Wildman–Crippen MR) is 124 cm³/mol. The molecule has 0 radical (unpaired) electrons. The highest BCUT2D eigenvalue weighted by atomic mass is 19.1. The zero-order valence-corrected chi connectivity index (χ0v) is 19.5. The van der Waals surface area contributed by atoms with Crippen molar-refractivity contribution in [2.24, 2.45) is 0 Å². The molecule has 0 aliphatic rings. The maximum atomic E-state index is 14.0. The first-order valence-electron chi connectivity index (χ1n) is 10.7. The summed E-state index contributed by atoms with van der Waals surface area (Å²) in [4.78, 5) is 28.5. The van der Waals surface area contributed by atoms with Gasteiger partial charge in [-0.2, -0.15) is 4.98 Å². The van der Waals surface area contributed by atoms with Gasteiger partial charge in [-0.15, -0.1) is 0 Å². The summed E-state index contributed by atoms with van der Waals surface area (Å²) in [6.45, 7) is 5.11. The summed E-state index contributed by atoms with van der Waals surface area (Å²) in [6.07, 6.45) is 0.293. The standard InChI is InChI=1S/C24H27FN4O5/c1-24(2,3)33-23(31)27-19-14-16(10-13-18(19)25)26-20(30)6-5-7-21-28-22(29-34-21)15-8-11-17(32-4)12-9-15/h8-14H,5-7H2,1-4H3,(H,26,30)(H,27,31). The number of carbonyl (C=O) groups excluding carboxylic acids is 2. The van der Waals surface area contributed by atoms with Gasteiger partial charge in [0.2, 0.25) is 17.6 Å². The van der Waals surface area contributed by atoms with E-state index in [0.717, 1.165) is 17.4 Å². The SMILES string of the molecule is COc1ccc(-c2noc(CCCC(=O)Nc3ccc(F)c(NC(=O)OC(C)(C)C)c3)n2)cc1. The Morgan fingerprint density at radius 2 is 1.82 bits per heavy atom. The van der Waals surface area contributed by atoms with E-state index in [0.29, 0.717) is 30.2 Å². The predicted octanol–water partition coefficient (Wildman–Crippen LogP) is 5.19. The second-order valence-corrected chi connectivity index (χ2v) is 8.46. The van der Waals surface area contributed by atoms with Crippen LogP contribution in [0.2, 0.25) is 0 Å². The van der Waals surface area contributed by atoms with Crippen LogP contribution < -0.4 is 15.4 Å². The van der Waals surface area contributed by atoms with Crippen molar-refractivity contribution < 1.29 is 28.0 Å². The zero-order chi connectivity index (χ0) is 24.7. The molecule has 9 nitrogen and oxygen atoms in total. The van der Waals surface area contributed by atoms with E-state index >= 15 is 0 Å². The number of nitrogens with zero attached hydrogens (tertiary/aromatic N) is 2. The van der Waals surface area contributed by atoms with Gasteiger partial charge in [0.1, 0.15) is 17.2 Å². The normalized spacial score (nSPS) is 11.1. The number of benzene rings is 2. The van der Waals surface area contributed by atoms with Crippen molar-refractivity contribution in [1.29, 1.82) is 0 Å². The van der Waals surface area contributed by atoms with Crippen LogP contribution in [0.3, 0.4) is 0 Å². The molecule has 1 aromatic heterocycles. The van der Waals surface area contributed by atoms with Gasteiger partial charge in [0.25, 0.3) is 0 Å². The number of nitrogens with one attached hydrogen (secondary N) is 2. The van der Waals surface area contributed by atoms with Crippen LogP contribution in [-0.4, -0.2) is 34.9 Å². The Bertz CT molecular complexity index is 1140. The van der Waals surface area contributed by atoms with Gasteiger partial charge in [0.15, 0.2) is 0 Å². The third kappa shape index (κ3) is 7.29. The van der Waals surface area contributed by atoms with Crippen LogP contribution >= 0.6 is 0 Å². The average Bonchev–Trinajstić information content (AvgIpc) is 3.24. The molecule has 2 aromatic carbocycles. The van der Waals surface area contributed by atoms with E-state index in [1.807, 2.05) is 12.1 Å². The molecule has 34 heavy (non-hydrogen) atoms. The van der Waals surface area contributed by atoms with Gasteiger partial charge in [-0.25, -0.2) is 9.18 Å². The van der Waals surface area contributed by atoms with E-state index in [9.17, 15) is 14.0 Å². The van der Waals surface area contributed by atoms with Crippen molar-refractivity contribution in [3.63, 3.8) is 0 Å². The van der Waals surface area contributed by atoms with E-state index in [1.165, 1.54) is 12.1 Å². The fraction of sp³-hybridized carbons (Fsp3) is 0.333. The summed E-state index contributed by atoms with van der Waals surface area (Å²) in [7, 11) is 1.59. The van der Waals surface area contributed by atoms with Crippen LogP contribution in [0.25, 0.3) is 11.4 Å². The maximum absolute atomic E-state index is 14.0. The van der Waals surface area contributed by atoms with Crippen LogP contribution in [0.1, 0.15) is 39.5 Å². The molecule has 0 atom stereocenters. The van der Waals surface area contributed by atoms with E-state index in [1.54, 1.807) is 40.0 Å². The van der Waals surface area contributed by atoms with E-state index < -0.39 is 17.5 Å². The molecular weight excluding hydrogens is 443 g/mol. The third-order valence-corrected chi connectivity index (χ3v) is 4.50. The van der Waals surface area contributed by atoms with Crippen molar-refractivity contribution in [2.45, 2.75) is 45.6 Å². The molecule has 3 rings (SSSR count). The van der Waals surface area contributed by atoms with E-state index in [4.69, 9.17) is 14.0 Å². The van der Waals surface area contributed by atoms with Gasteiger partial charge in [-0.05, 0) is 69.7 Å². The lowest BCUT2D eigenvalue weighted by Crippen LogP contribution is -2.27. The molecule has 1 heterocycles. The number of methoxy groups -OCH3 is 1. The Morgan fingerprint density at radius 3 is 2.50 bits per heavy atom. The molecule has 3 aromatic rings. The van der Waals surface area contributed by atoms with Crippen LogP contribution in [0.4, 0.5) is 20.6 Å². The fourth-order valence-electron chi connectivity index (χ4n) is 2.95. The van der Waals surface area contributed by atoms with E-state index in [-0.39, 0.29) is 18.0 Å². The molecule has 2 amide bonds. The highest BCUT2D eigenvalue weighted by Crippen LogP contribution is 2.22. The number of hydrogen-bond acceptors (Lipinski definition) is 7. The largest absolute Gasteiger partial charge is 0.497 e. The molecule has 0 saturated carbocycles. The molecule has 10 heteroatoms. The number of anilines is 2. The van der Waals surface area contributed by atoms with Crippen molar-refractivity contribution in [3.8, 4) is 17.1 Å². The number of amides is 2. The number of aromatic nitrogens is 2.